The first kappa shape index (κ1) is 11.7. The van der Waals surface area contributed by atoms with Gasteiger partial charge in [-0.05, 0) is 6.16 Å². The van der Waals surface area contributed by atoms with Crippen LogP contribution in [0.4, 0.5) is 0 Å². The second-order valence-corrected chi connectivity index (χ2v) is 2.27. The van der Waals surface area contributed by atoms with Crippen LogP contribution in [0.2, 0.25) is 0 Å². The van der Waals surface area contributed by atoms with E-state index in [2.05, 4.69) is 22.6 Å². The Morgan fingerprint density at radius 2 is 2.00 bits per heavy atom. The summed E-state index contributed by atoms with van der Waals surface area (Å²) in [4.78, 5) is 0. The molecule has 0 fully saturated rings. The summed E-state index contributed by atoms with van der Waals surface area (Å²) in [6.45, 7) is 2.11. The zero-order valence-corrected chi connectivity index (χ0v) is 7.44. The van der Waals surface area contributed by atoms with Crippen LogP contribution in [0.15, 0.2) is 0 Å². The van der Waals surface area contributed by atoms with E-state index < -0.39 is 0 Å². The largest absolute Gasteiger partial charge is 0.332 e. The maximum absolute atomic E-state index is 2.74. The monoisotopic (exact) mass is 175 g/mol. The summed E-state index contributed by atoms with van der Waals surface area (Å²) < 4.78 is 0. The summed E-state index contributed by atoms with van der Waals surface area (Å²) in [5, 5.41) is 0. The van der Waals surface area contributed by atoms with Gasteiger partial charge in [0.1, 0.15) is 0 Å². The molecule has 0 rings (SSSR count). The molecule has 0 aliphatic carbocycles. The van der Waals surface area contributed by atoms with Gasteiger partial charge in [-0.3, -0.25) is 0 Å². The summed E-state index contributed by atoms with van der Waals surface area (Å²) in [5.41, 5.74) is 0. The van der Waals surface area contributed by atoms with Crippen LogP contribution >= 0.6 is 9.24 Å². The van der Waals surface area contributed by atoms with E-state index in [1.807, 2.05) is 0 Å². The Bertz CT molecular complexity index is 27.7. The minimum atomic E-state index is 0. The first-order chi connectivity index (χ1) is 3.41. The number of rotatable bonds is 4. The van der Waals surface area contributed by atoms with Gasteiger partial charge in [0.05, 0.1) is 0 Å². The molecule has 0 aromatic rings. The predicted molar refractivity (Wildman–Crippen MR) is 38.4 cm³/mol. The molecule has 1 atom stereocenters. The van der Waals surface area contributed by atoms with Crippen LogP contribution in [-0.4, -0.2) is 6.16 Å². The smallest absolute Gasteiger partial charge is 0 e. The van der Waals surface area contributed by atoms with Crippen molar-refractivity contribution in [3.8, 4) is 0 Å². The van der Waals surface area contributed by atoms with Crippen molar-refractivity contribution < 1.29 is 16.5 Å². The van der Waals surface area contributed by atoms with Gasteiger partial charge in [-0.1, -0.05) is 12.8 Å². The Hall–Kier alpha value is 0.924. The summed E-state index contributed by atoms with van der Waals surface area (Å²) >= 11 is 0. The maximum Gasteiger partial charge on any atom is 0 e. The molecule has 0 saturated carbocycles. The van der Waals surface area contributed by atoms with Gasteiger partial charge in [0.15, 0.2) is 0 Å². The first-order valence-electron chi connectivity index (χ1n) is 2.89. The predicted octanol–water partition coefficient (Wildman–Crippen LogP) is 2.25. The van der Waals surface area contributed by atoms with Gasteiger partial charge in [0, 0.05) is 16.5 Å². The van der Waals surface area contributed by atoms with E-state index in [-0.39, 0.29) is 16.5 Å². The molecule has 0 aliphatic rings. The topological polar surface area (TPSA) is 0 Å². The Labute approximate surface area is 64.9 Å². The molecule has 0 aliphatic heterocycles. The van der Waals surface area contributed by atoms with Gasteiger partial charge in [-0.15, -0.1) is 9.24 Å². The van der Waals surface area contributed by atoms with Crippen LogP contribution in [0.5, 0.6) is 0 Å². The minimum Gasteiger partial charge on any atom is -0.332 e. The molecule has 0 aromatic heterocycles. The summed E-state index contributed by atoms with van der Waals surface area (Å²) in [7, 11) is 2.74. The second kappa shape index (κ2) is 10.8. The molecule has 0 nitrogen and oxygen atoms in total. The van der Waals surface area contributed by atoms with E-state index in [0.717, 1.165) is 0 Å². The fourth-order valence-electron chi connectivity index (χ4n) is 0.493. The normalized spacial score (nSPS) is 8.25. The molecule has 0 aromatic carbocycles. The third-order valence-corrected chi connectivity index (χ3v) is 1.36. The van der Waals surface area contributed by atoms with Crippen LogP contribution < -0.4 is 0 Å². The molecule has 0 saturated heterocycles. The molecule has 0 amide bonds. The summed E-state index contributed by atoms with van der Waals surface area (Å²) in [6, 6.07) is 0. The average molecular weight is 176 g/mol. The van der Waals surface area contributed by atoms with E-state index in [4.69, 9.17) is 0 Å². The first-order valence-corrected chi connectivity index (χ1v) is 3.71. The molecule has 0 heterocycles. The van der Waals surface area contributed by atoms with Crippen LogP contribution in [0.25, 0.3) is 0 Å². The van der Waals surface area contributed by atoms with Crippen molar-refractivity contribution in [3.05, 3.63) is 6.42 Å². The maximum atomic E-state index is 2.74. The van der Waals surface area contributed by atoms with Gasteiger partial charge in [0.25, 0.3) is 0 Å². The van der Waals surface area contributed by atoms with E-state index in [1.165, 1.54) is 25.4 Å². The van der Waals surface area contributed by atoms with E-state index in [9.17, 15) is 0 Å². The van der Waals surface area contributed by atoms with Crippen LogP contribution in [-0.2, 0) is 16.5 Å². The van der Waals surface area contributed by atoms with Crippen molar-refractivity contribution in [3.63, 3.8) is 0 Å². The average Bonchev–Trinajstić information content (AvgIpc) is 1.69. The Kier molecular flexibility index (Phi) is 15.8. The molecular formula is C6H14NiP-. The van der Waals surface area contributed by atoms with Crippen LogP contribution in [0, 0.1) is 6.42 Å². The summed E-state index contributed by atoms with van der Waals surface area (Å²) in [6.07, 6.45) is 7.48. The van der Waals surface area contributed by atoms with Gasteiger partial charge in [-0.2, -0.15) is 13.3 Å². The van der Waals surface area contributed by atoms with E-state index in [0.29, 0.717) is 0 Å². The van der Waals surface area contributed by atoms with Gasteiger partial charge >= 0.3 is 0 Å². The van der Waals surface area contributed by atoms with Crippen molar-refractivity contribution in [2.45, 2.75) is 26.2 Å². The molecule has 0 bridgehead atoms. The second-order valence-electron chi connectivity index (χ2n) is 1.69. The molecule has 2 heteroatoms. The third-order valence-electron chi connectivity index (χ3n) is 0.947. The Balaban J connectivity index is 0. The van der Waals surface area contributed by atoms with Gasteiger partial charge in [-0.25, -0.2) is 0 Å². The van der Waals surface area contributed by atoms with Crippen molar-refractivity contribution in [1.29, 1.82) is 0 Å². The number of hydrogen-bond donors (Lipinski definition) is 0. The van der Waals surface area contributed by atoms with Crippen LogP contribution in [0.3, 0.4) is 0 Å². The van der Waals surface area contributed by atoms with Crippen molar-refractivity contribution in [2.24, 2.45) is 0 Å². The number of unbranched alkanes of at least 4 members (excludes halogenated alkanes) is 3. The fraction of sp³-hybridized carbons (Fsp3) is 0.833. The van der Waals surface area contributed by atoms with Crippen molar-refractivity contribution in [2.75, 3.05) is 6.16 Å². The molecule has 0 N–H and O–H groups in total. The Morgan fingerprint density at radius 1 is 1.38 bits per heavy atom. The molecular weight excluding hydrogens is 162 g/mol. The molecule has 0 spiro atoms. The zero-order valence-electron chi connectivity index (χ0n) is 5.30. The van der Waals surface area contributed by atoms with Gasteiger partial charge in [0.2, 0.25) is 0 Å². The fourth-order valence-corrected chi connectivity index (χ4v) is 0.781. The number of hydrogen-bond acceptors (Lipinski definition) is 0. The molecule has 8 heavy (non-hydrogen) atoms. The standard InChI is InChI=1S/C6H14P.Ni/c1-2-3-4-5-6-7;/h2H,3-7H2,1H3;/q-1;. The Morgan fingerprint density at radius 3 is 2.38 bits per heavy atom. The van der Waals surface area contributed by atoms with Gasteiger partial charge < -0.3 is 6.42 Å². The summed E-state index contributed by atoms with van der Waals surface area (Å²) in [5.74, 6) is 0. The van der Waals surface area contributed by atoms with Crippen molar-refractivity contribution in [1.82, 2.24) is 0 Å². The van der Waals surface area contributed by atoms with E-state index in [1.54, 1.807) is 0 Å². The molecule has 0 radical (unpaired) electrons. The molecule has 54 valence electrons. The minimum absolute atomic E-state index is 0. The van der Waals surface area contributed by atoms with E-state index >= 15 is 0 Å². The molecule has 1 unspecified atom stereocenters. The quantitative estimate of drug-likeness (QED) is 0.266. The SMILES string of the molecule is C[CH-]CCCCP.[Ni]. The third kappa shape index (κ3) is 10.0. The van der Waals surface area contributed by atoms with Crippen molar-refractivity contribution >= 4 is 9.24 Å². The zero-order chi connectivity index (χ0) is 5.54. The van der Waals surface area contributed by atoms with Crippen LogP contribution in [0.1, 0.15) is 26.2 Å².